The van der Waals surface area contributed by atoms with E-state index in [4.69, 9.17) is 5.11 Å². The Morgan fingerprint density at radius 3 is 3.00 bits per heavy atom. The van der Waals surface area contributed by atoms with Crippen LogP contribution in [0.25, 0.3) is 0 Å². The minimum Gasteiger partial charge on any atom is -0.465 e. The average Bonchev–Trinajstić information content (AvgIpc) is 2.46. The molecule has 0 heterocycles. The number of nitrogens with one attached hydrogen (secondary N) is 1. The van der Waals surface area contributed by atoms with Crippen molar-refractivity contribution in [3.8, 4) is 0 Å². The zero-order valence-electron chi connectivity index (χ0n) is 7.53. The Hall–Kier alpha value is -1.55. The topological polar surface area (TPSA) is 69.6 Å². The SMILES string of the molecule is O=C(O)Nc1ccc2c(c1)CCC2O. The predicted molar refractivity (Wildman–Crippen MR) is 51.4 cm³/mol. The molecule has 0 bridgehead atoms. The third kappa shape index (κ3) is 1.56. The maximum Gasteiger partial charge on any atom is 0.409 e. The van der Waals surface area contributed by atoms with Gasteiger partial charge in [-0.3, -0.25) is 5.32 Å². The van der Waals surface area contributed by atoms with Gasteiger partial charge >= 0.3 is 6.09 Å². The summed E-state index contributed by atoms with van der Waals surface area (Å²) in [6.45, 7) is 0. The number of benzene rings is 1. The molecule has 14 heavy (non-hydrogen) atoms. The van der Waals surface area contributed by atoms with Crippen molar-refractivity contribution in [3.05, 3.63) is 29.3 Å². The summed E-state index contributed by atoms with van der Waals surface area (Å²) in [5.74, 6) is 0. The largest absolute Gasteiger partial charge is 0.465 e. The van der Waals surface area contributed by atoms with Crippen LogP contribution in [-0.4, -0.2) is 16.3 Å². The summed E-state index contributed by atoms with van der Waals surface area (Å²) in [5, 5.41) is 20.3. The lowest BCUT2D eigenvalue weighted by molar-refractivity contribution is 0.180. The fraction of sp³-hybridized carbons (Fsp3) is 0.300. The van der Waals surface area contributed by atoms with E-state index in [-0.39, 0.29) is 6.10 Å². The Labute approximate surface area is 81.2 Å². The number of aliphatic hydroxyl groups excluding tert-OH is 1. The molecule has 2 rings (SSSR count). The van der Waals surface area contributed by atoms with Crippen LogP contribution >= 0.6 is 0 Å². The van der Waals surface area contributed by atoms with Crippen molar-refractivity contribution in [1.29, 1.82) is 0 Å². The summed E-state index contributed by atoms with van der Waals surface area (Å²) in [7, 11) is 0. The van der Waals surface area contributed by atoms with Crippen molar-refractivity contribution in [1.82, 2.24) is 0 Å². The number of fused-ring (bicyclic) bond motifs is 1. The minimum atomic E-state index is -1.07. The molecule has 0 aromatic heterocycles. The molecule has 1 atom stereocenters. The molecule has 4 heteroatoms. The molecule has 0 saturated heterocycles. The van der Waals surface area contributed by atoms with Crippen LogP contribution in [0, 0.1) is 0 Å². The fourth-order valence-corrected chi connectivity index (χ4v) is 1.80. The van der Waals surface area contributed by atoms with Gasteiger partial charge in [0.2, 0.25) is 0 Å². The molecule has 1 aromatic rings. The van der Waals surface area contributed by atoms with E-state index in [0.717, 1.165) is 24.0 Å². The van der Waals surface area contributed by atoms with Gasteiger partial charge in [0.15, 0.2) is 0 Å². The number of hydrogen-bond acceptors (Lipinski definition) is 2. The van der Waals surface area contributed by atoms with Crippen LogP contribution in [-0.2, 0) is 6.42 Å². The molecule has 4 nitrogen and oxygen atoms in total. The van der Waals surface area contributed by atoms with Crippen molar-refractivity contribution in [2.75, 3.05) is 5.32 Å². The second kappa shape index (κ2) is 3.31. The fourth-order valence-electron chi connectivity index (χ4n) is 1.80. The second-order valence-electron chi connectivity index (χ2n) is 3.40. The molecule has 0 aliphatic heterocycles. The lowest BCUT2D eigenvalue weighted by atomic mass is 10.1. The number of carboxylic acid groups (broad SMARTS) is 1. The lowest BCUT2D eigenvalue weighted by Gasteiger charge is -2.05. The highest BCUT2D eigenvalue weighted by molar-refractivity contribution is 5.83. The molecule has 3 N–H and O–H groups in total. The smallest absolute Gasteiger partial charge is 0.409 e. The number of anilines is 1. The Morgan fingerprint density at radius 1 is 1.50 bits per heavy atom. The normalized spacial score (nSPS) is 19.1. The first-order valence-electron chi connectivity index (χ1n) is 4.47. The average molecular weight is 193 g/mol. The summed E-state index contributed by atoms with van der Waals surface area (Å²) in [5.41, 5.74) is 2.51. The molecule has 1 aliphatic rings. The van der Waals surface area contributed by atoms with Crippen molar-refractivity contribution in [2.24, 2.45) is 0 Å². The van der Waals surface area contributed by atoms with Crippen LogP contribution in [0.4, 0.5) is 10.5 Å². The van der Waals surface area contributed by atoms with E-state index in [1.165, 1.54) is 0 Å². The third-order valence-corrected chi connectivity index (χ3v) is 2.44. The highest BCUT2D eigenvalue weighted by Gasteiger charge is 2.20. The van der Waals surface area contributed by atoms with Gasteiger partial charge in [0.25, 0.3) is 0 Å². The third-order valence-electron chi connectivity index (χ3n) is 2.44. The van der Waals surface area contributed by atoms with Crippen LogP contribution in [0.15, 0.2) is 18.2 Å². The Balaban J connectivity index is 2.28. The van der Waals surface area contributed by atoms with E-state index < -0.39 is 6.09 Å². The zero-order chi connectivity index (χ0) is 10.1. The van der Waals surface area contributed by atoms with Crippen LogP contribution < -0.4 is 5.32 Å². The summed E-state index contributed by atoms with van der Waals surface area (Å²) in [4.78, 5) is 10.4. The first-order chi connectivity index (χ1) is 6.66. The van der Waals surface area contributed by atoms with Gasteiger partial charge in [-0.15, -0.1) is 0 Å². The second-order valence-corrected chi connectivity index (χ2v) is 3.40. The van der Waals surface area contributed by atoms with E-state index in [9.17, 15) is 9.90 Å². The van der Waals surface area contributed by atoms with Gasteiger partial charge in [-0.25, -0.2) is 4.79 Å². The minimum absolute atomic E-state index is 0.385. The molecule has 1 aromatic carbocycles. The summed E-state index contributed by atoms with van der Waals surface area (Å²) in [6, 6.07) is 5.22. The van der Waals surface area contributed by atoms with Crippen LogP contribution in [0.1, 0.15) is 23.7 Å². The first-order valence-corrected chi connectivity index (χ1v) is 4.47. The van der Waals surface area contributed by atoms with Gasteiger partial charge in [-0.1, -0.05) is 6.07 Å². The Morgan fingerprint density at radius 2 is 2.29 bits per heavy atom. The maximum absolute atomic E-state index is 10.4. The summed E-state index contributed by atoms with van der Waals surface area (Å²) >= 11 is 0. The van der Waals surface area contributed by atoms with E-state index in [2.05, 4.69) is 5.32 Å². The number of rotatable bonds is 1. The van der Waals surface area contributed by atoms with Gasteiger partial charge in [0.05, 0.1) is 6.10 Å². The molecule has 0 saturated carbocycles. The highest BCUT2D eigenvalue weighted by atomic mass is 16.4. The van der Waals surface area contributed by atoms with Gasteiger partial charge in [-0.2, -0.15) is 0 Å². The Kier molecular flexibility index (Phi) is 2.13. The van der Waals surface area contributed by atoms with Crippen LogP contribution in [0.3, 0.4) is 0 Å². The van der Waals surface area contributed by atoms with Crippen molar-refractivity contribution < 1.29 is 15.0 Å². The van der Waals surface area contributed by atoms with E-state index in [1.54, 1.807) is 18.2 Å². The number of carbonyl (C=O) groups is 1. The number of aliphatic hydroxyl groups is 1. The maximum atomic E-state index is 10.4. The van der Waals surface area contributed by atoms with Crippen molar-refractivity contribution in [2.45, 2.75) is 18.9 Å². The van der Waals surface area contributed by atoms with Gasteiger partial charge in [0, 0.05) is 5.69 Å². The van der Waals surface area contributed by atoms with Crippen LogP contribution in [0.5, 0.6) is 0 Å². The monoisotopic (exact) mass is 193 g/mol. The summed E-state index contributed by atoms with van der Waals surface area (Å²) in [6.07, 6.45) is 0.0877. The molecular weight excluding hydrogens is 182 g/mol. The molecule has 1 amide bonds. The van der Waals surface area contributed by atoms with E-state index >= 15 is 0 Å². The van der Waals surface area contributed by atoms with Crippen molar-refractivity contribution >= 4 is 11.8 Å². The number of hydrogen-bond donors (Lipinski definition) is 3. The van der Waals surface area contributed by atoms with Gasteiger partial charge < -0.3 is 10.2 Å². The molecule has 0 fully saturated rings. The number of aryl methyl sites for hydroxylation is 1. The van der Waals surface area contributed by atoms with Gasteiger partial charge in [0.1, 0.15) is 0 Å². The van der Waals surface area contributed by atoms with Gasteiger partial charge in [-0.05, 0) is 36.1 Å². The first kappa shape index (κ1) is 9.02. The molecule has 1 unspecified atom stereocenters. The summed E-state index contributed by atoms with van der Waals surface area (Å²) < 4.78 is 0. The van der Waals surface area contributed by atoms with Crippen molar-refractivity contribution in [3.63, 3.8) is 0 Å². The molecule has 74 valence electrons. The zero-order valence-corrected chi connectivity index (χ0v) is 7.53. The quantitative estimate of drug-likeness (QED) is 0.636. The van der Waals surface area contributed by atoms with E-state index in [1.807, 2.05) is 0 Å². The standard InChI is InChI=1S/C10H11NO3/c12-9-4-1-6-5-7(11-10(13)14)2-3-8(6)9/h2-3,5,9,11-12H,1,4H2,(H,13,14). The molecular formula is C10H11NO3. The van der Waals surface area contributed by atoms with Crippen LogP contribution in [0.2, 0.25) is 0 Å². The molecule has 1 aliphatic carbocycles. The lowest BCUT2D eigenvalue weighted by Crippen LogP contribution is -2.07. The molecule has 0 radical (unpaired) electrons. The Bertz CT molecular complexity index is 376. The molecule has 0 spiro atoms. The van der Waals surface area contributed by atoms with E-state index in [0.29, 0.717) is 5.69 Å². The highest BCUT2D eigenvalue weighted by Crippen LogP contribution is 2.32. The number of amides is 1. The predicted octanol–water partition coefficient (Wildman–Crippen LogP) is 1.76.